The van der Waals surface area contributed by atoms with E-state index in [0.29, 0.717) is 74.2 Å². The second-order valence-electron chi connectivity index (χ2n) is 16.1. The molecule has 4 bridgehead atoms. The molecule has 4 unspecified atom stereocenters. The summed E-state index contributed by atoms with van der Waals surface area (Å²) in [6.07, 6.45) is 10.5. The molecule has 4 atom stereocenters. The first-order valence-corrected chi connectivity index (χ1v) is 19.6. The number of unbranched alkanes of at least 4 members (excludes halogenated alkanes) is 1. The SMILES string of the molecule is CCC(=O)Oc1ccc(C[N+]2(C)C3CCC2CC(OC(=O)CCCCC(=O)OC2CC4CCC(C2)[N+]4(C)Cc2ccc(OC(=O)CC)cc2)C3)cc1. The maximum absolute atomic E-state index is 12.8. The highest BCUT2D eigenvalue weighted by Crippen LogP contribution is 2.45. The van der Waals surface area contributed by atoms with Gasteiger partial charge in [0.15, 0.2) is 0 Å². The molecular formula is C42H58N2O8+2. The molecule has 0 aromatic heterocycles. The van der Waals surface area contributed by atoms with E-state index in [1.54, 1.807) is 13.8 Å². The molecule has 10 heteroatoms. The smallest absolute Gasteiger partial charge is 0.310 e. The van der Waals surface area contributed by atoms with Crippen LogP contribution in [0.5, 0.6) is 11.5 Å². The number of piperidine rings is 2. The zero-order valence-electron chi connectivity index (χ0n) is 31.6. The molecule has 0 aliphatic carbocycles. The average Bonchev–Trinajstić information content (AvgIpc) is 3.35. The van der Waals surface area contributed by atoms with Gasteiger partial charge in [0.2, 0.25) is 0 Å². The fourth-order valence-corrected chi connectivity index (χ4v) is 9.64. The lowest BCUT2D eigenvalue weighted by Gasteiger charge is -2.47. The van der Waals surface area contributed by atoms with E-state index in [2.05, 4.69) is 38.4 Å². The maximum atomic E-state index is 12.8. The summed E-state index contributed by atoms with van der Waals surface area (Å²) >= 11 is 0. The summed E-state index contributed by atoms with van der Waals surface area (Å²) in [5, 5.41) is 0. The molecule has 10 nitrogen and oxygen atoms in total. The lowest BCUT2D eigenvalue weighted by atomic mass is 9.95. The van der Waals surface area contributed by atoms with E-state index in [1.807, 2.05) is 24.3 Å². The zero-order chi connectivity index (χ0) is 36.9. The number of rotatable bonds is 15. The van der Waals surface area contributed by atoms with Gasteiger partial charge in [-0.15, -0.1) is 0 Å². The van der Waals surface area contributed by atoms with Crippen LogP contribution in [0.2, 0.25) is 0 Å². The molecule has 0 saturated carbocycles. The number of carbonyl (C=O) groups excluding carboxylic acids is 4. The summed E-state index contributed by atoms with van der Waals surface area (Å²) in [7, 11) is 4.66. The fraction of sp³-hybridized carbons (Fsp3) is 0.619. The van der Waals surface area contributed by atoms with Crippen LogP contribution >= 0.6 is 0 Å². The van der Waals surface area contributed by atoms with Crippen LogP contribution < -0.4 is 9.47 Å². The van der Waals surface area contributed by atoms with Crippen molar-refractivity contribution in [1.29, 1.82) is 0 Å². The van der Waals surface area contributed by atoms with E-state index in [9.17, 15) is 19.2 Å². The second-order valence-corrected chi connectivity index (χ2v) is 16.1. The summed E-state index contributed by atoms with van der Waals surface area (Å²) in [5.41, 5.74) is 2.43. The number of carbonyl (C=O) groups is 4. The van der Waals surface area contributed by atoms with Crippen LogP contribution in [0.3, 0.4) is 0 Å². The standard InChI is InChI=1S/C42H58N2O8/c1-5-39(45)49-35-19-11-29(12-20-35)27-43(3)31-15-16-32(43)24-37(23-31)51-41(47)9-7-8-10-42(48)52-38-25-33-17-18-34(26-38)44(33,4)28-30-13-21-36(22-14-30)50-40(46)6-2/h11-14,19-22,31-34,37-38H,5-10,15-18,23-28H2,1-4H3/q+2. The Morgan fingerprint density at radius 3 is 1.17 bits per heavy atom. The molecular weight excluding hydrogens is 660 g/mol. The first-order valence-electron chi connectivity index (χ1n) is 19.6. The number of ether oxygens (including phenoxy) is 4. The van der Waals surface area contributed by atoms with E-state index >= 15 is 0 Å². The van der Waals surface area contributed by atoms with E-state index in [4.69, 9.17) is 18.9 Å². The van der Waals surface area contributed by atoms with E-state index in [-0.39, 0.29) is 36.1 Å². The van der Waals surface area contributed by atoms with Gasteiger partial charge in [0.25, 0.3) is 0 Å². The monoisotopic (exact) mass is 718 g/mol. The molecule has 2 aromatic carbocycles. The Hall–Kier alpha value is -3.76. The average molecular weight is 719 g/mol. The van der Waals surface area contributed by atoms with Gasteiger partial charge >= 0.3 is 23.9 Å². The minimum Gasteiger partial charge on any atom is -0.462 e. The number of hydrogen-bond acceptors (Lipinski definition) is 8. The van der Waals surface area contributed by atoms with Crippen molar-refractivity contribution in [3.63, 3.8) is 0 Å². The molecule has 282 valence electrons. The van der Waals surface area contributed by atoms with Crippen molar-refractivity contribution >= 4 is 23.9 Å². The molecule has 0 radical (unpaired) electrons. The van der Waals surface area contributed by atoms with Gasteiger partial charge in [-0.3, -0.25) is 19.2 Å². The highest BCUT2D eigenvalue weighted by Gasteiger charge is 2.53. The summed E-state index contributed by atoms with van der Waals surface area (Å²) in [6.45, 7) is 5.38. The van der Waals surface area contributed by atoms with Crippen LogP contribution in [0.15, 0.2) is 48.5 Å². The number of fused-ring (bicyclic) bond motifs is 4. The largest absolute Gasteiger partial charge is 0.462 e. The molecule has 0 amide bonds. The third-order valence-corrected chi connectivity index (χ3v) is 12.7. The predicted molar refractivity (Wildman–Crippen MR) is 195 cm³/mol. The predicted octanol–water partition coefficient (Wildman–Crippen LogP) is 6.94. The Bertz CT molecular complexity index is 1430. The van der Waals surface area contributed by atoms with Crippen LogP contribution in [0.1, 0.15) is 115 Å². The van der Waals surface area contributed by atoms with Crippen molar-refractivity contribution in [2.24, 2.45) is 0 Å². The van der Waals surface area contributed by atoms with Crippen LogP contribution in [0.25, 0.3) is 0 Å². The van der Waals surface area contributed by atoms with Crippen molar-refractivity contribution in [1.82, 2.24) is 0 Å². The number of esters is 4. The second kappa shape index (κ2) is 16.5. The van der Waals surface area contributed by atoms with E-state index < -0.39 is 0 Å². The molecule has 2 aromatic rings. The van der Waals surface area contributed by atoms with Gasteiger partial charge in [0, 0.05) is 88.2 Å². The molecule has 4 aliphatic heterocycles. The van der Waals surface area contributed by atoms with Crippen molar-refractivity contribution in [2.45, 2.75) is 153 Å². The summed E-state index contributed by atoms with van der Waals surface area (Å²) < 4.78 is 24.6. The van der Waals surface area contributed by atoms with Crippen molar-refractivity contribution in [3.05, 3.63) is 59.7 Å². The summed E-state index contributed by atoms with van der Waals surface area (Å²) in [6, 6.07) is 17.5. The van der Waals surface area contributed by atoms with E-state index in [1.165, 1.54) is 11.1 Å². The molecule has 4 saturated heterocycles. The van der Waals surface area contributed by atoms with Crippen LogP contribution in [0, 0.1) is 0 Å². The number of nitrogens with zero attached hydrogens (tertiary/aromatic N) is 2. The highest BCUT2D eigenvalue weighted by molar-refractivity contribution is 5.72. The lowest BCUT2D eigenvalue weighted by molar-refractivity contribution is -0.961. The van der Waals surface area contributed by atoms with Gasteiger partial charge in [-0.05, 0) is 61.4 Å². The van der Waals surface area contributed by atoms with Gasteiger partial charge < -0.3 is 27.9 Å². The Morgan fingerprint density at radius 2 is 0.865 bits per heavy atom. The first-order chi connectivity index (χ1) is 25.0. The van der Waals surface area contributed by atoms with Gasteiger partial charge in [0.05, 0.1) is 38.3 Å². The molecule has 0 spiro atoms. The minimum atomic E-state index is -0.232. The van der Waals surface area contributed by atoms with Crippen LogP contribution in [-0.2, 0) is 41.7 Å². The Labute approximate surface area is 308 Å². The van der Waals surface area contributed by atoms with Gasteiger partial charge in [-0.25, -0.2) is 0 Å². The Kier molecular flexibility index (Phi) is 12.1. The number of hydrogen-bond donors (Lipinski definition) is 0. The first kappa shape index (κ1) is 38.0. The zero-order valence-corrected chi connectivity index (χ0v) is 31.6. The Balaban J connectivity index is 0.880. The summed E-state index contributed by atoms with van der Waals surface area (Å²) in [5.74, 6) is 0.370. The van der Waals surface area contributed by atoms with Crippen molar-refractivity contribution in [3.8, 4) is 11.5 Å². The minimum absolute atomic E-state index is 0.0485. The van der Waals surface area contributed by atoms with Crippen LogP contribution in [-0.4, -0.2) is 83.3 Å². The quantitative estimate of drug-likeness (QED) is 0.0844. The third-order valence-electron chi connectivity index (χ3n) is 12.7. The van der Waals surface area contributed by atoms with E-state index in [0.717, 1.165) is 73.4 Å². The topological polar surface area (TPSA) is 105 Å². The number of quaternary nitrogens is 2. The third kappa shape index (κ3) is 8.88. The van der Waals surface area contributed by atoms with Gasteiger partial charge in [-0.1, -0.05) is 13.8 Å². The number of benzene rings is 2. The van der Waals surface area contributed by atoms with Crippen LogP contribution in [0.4, 0.5) is 0 Å². The summed E-state index contributed by atoms with van der Waals surface area (Å²) in [4.78, 5) is 48.9. The molecule has 6 rings (SSSR count). The van der Waals surface area contributed by atoms with Crippen molar-refractivity contribution < 1.29 is 47.1 Å². The normalized spacial score (nSPS) is 30.4. The van der Waals surface area contributed by atoms with Gasteiger partial charge in [0.1, 0.15) is 36.8 Å². The Morgan fingerprint density at radius 1 is 0.538 bits per heavy atom. The van der Waals surface area contributed by atoms with Gasteiger partial charge in [-0.2, -0.15) is 0 Å². The fourth-order valence-electron chi connectivity index (χ4n) is 9.64. The lowest BCUT2D eigenvalue weighted by Crippen LogP contribution is -2.58. The maximum Gasteiger partial charge on any atom is 0.310 e. The van der Waals surface area contributed by atoms with Crippen molar-refractivity contribution in [2.75, 3.05) is 14.1 Å². The molecule has 0 N–H and O–H groups in total. The molecule has 4 aliphatic rings. The molecule has 4 heterocycles. The highest BCUT2D eigenvalue weighted by atomic mass is 16.6. The molecule has 4 fully saturated rings. The molecule has 52 heavy (non-hydrogen) atoms.